The number of hydrogen-bond acceptors (Lipinski definition) is 2. The van der Waals surface area contributed by atoms with Gasteiger partial charge in [0.15, 0.2) is 0 Å². The smallest absolute Gasteiger partial charge is 0.00790 e. The largest absolute Gasteiger partial charge is 0.311 e. The Hall–Kier alpha value is -0.0800. The van der Waals surface area contributed by atoms with Crippen LogP contribution in [0.3, 0.4) is 0 Å². The molecule has 0 aromatic carbocycles. The van der Waals surface area contributed by atoms with Crippen molar-refractivity contribution in [1.82, 2.24) is 10.2 Å². The van der Waals surface area contributed by atoms with Crippen LogP contribution in [0.15, 0.2) is 0 Å². The molecule has 2 unspecified atom stereocenters. The van der Waals surface area contributed by atoms with Crippen molar-refractivity contribution in [2.75, 3.05) is 19.6 Å². The van der Waals surface area contributed by atoms with Crippen LogP contribution in [-0.4, -0.2) is 36.6 Å². The molecule has 2 nitrogen and oxygen atoms in total. The molecule has 1 aliphatic heterocycles. The average molecular weight is 224 g/mol. The molecule has 1 heterocycles. The monoisotopic (exact) mass is 224 g/mol. The maximum Gasteiger partial charge on any atom is 0.00790 e. The summed E-state index contributed by atoms with van der Waals surface area (Å²) in [6, 6.07) is 1.45. The van der Waals surface area contributed by atoms with Gasteiger partial charge in [-0.3, -0.25) is 0 Å². The molecule has 0 aromatic heterocycles. The standard InChI is InChI=1S/C14H28N2/c1-3-14-8-10-16(9-7-12(2)15-14)11-13-5-4-6-13/h12-15H,3-11H2,1-2H3. The lowest BCUT2D eigenvalue weighted by Gasteiger charge is -2.36. The third-order valence-corrected chi connectivity index (χ3v) is 4.43. The molecule has 1 saturated carbocycles. The second kappa shape index (κ2) is 6.02. The summed E-state index contributed by atoms with van der Waals surface area (Å²) in [5.74, 6) is 1.03. The number of nitrogens with one attached hydrogen (secondary N) is 1. The Balaban J connectivity index is 1.78. The quantitative estimate of drug-likeness (QED) is 0.793. The summed E-state index contributed by atoms with van der Waals surface area (Å²) in [6.45, 7) is 8.65. The molecule has 0 spiro atoms. The van der Waals surface area contributed by atoms with Gasteiger partial charge >= 0.3 is 0 Å². The van der Waals surface area contributed by atoms with Gasteiger partial charge in [-0.2, -0.15) is 0 Å². The van der Waals surface area contributed by atoms with Crippen LogP contribution in [0.2, 0.25) is 0 Å². The van der Waals surface area contributed by atoms with Gasteiger partial charge in [-0.15, -0.1) is 0 Å². The molecule has 2 rings (SSSR count). The van der Waals surface area contributed by atoms with Gasteiger partial charge in [-0.05, 0) is 58.0 Å². The first kappa shape index (κ1) is 12.4. The van der Waals surface area contributed by atoms with E-state index in [0.29, 0.717) is 6.04 Å². The summed E-state index contributed by atoms with van der Waals surface area (Å²) in [5.41, 5.74) is 0. The van der Waals surface area contributed by atoms with Gasteiger partial charge in [0.25, 0.3) is 0 Å². The molecule has 0 bridgehead atoms. The molecule has 2 fully saturated rings. The maximum absolute atomic E-state index is 3.74. The predicted octanol–water partition coefficient (Wildman–Crippen LogP) is 2.64. The van der Waals surface area contributed by atoms with Crippen molar-refractivity contribution in [2.24, 2.45) is 5.92 Å². The first-order chi connectivity index (χ1) is 7.78. The van der Waals surface area contributed by atoms with Crippen LogP contribution in [0, 0.1) is 5.92 Å². The highest BCUT2D eigenvalue weighted by Gasteiger charge is 2.23. The van der Waals surface area contributed by atoms with Crippen molar-refractivity contribution in [2.45, 2.75) is 64.5 Å². The second-order valence-corrected chi connectivity index (χ2v) is 5.85. The lowest BCUT2D eigenvalue weighted by Crippen LogP contribution is -2.45. The van der Waals surface area contributed by atoms with Gasteiger partial charge in [0.05, 0.1) is 0 Å². The van der Waals surface area contributed by atoms with E-state index in [4.69, 9.17) is 0 Å². The Morgan fingerprint density at radius 1 is 1.12 bits per heavy atom. The lowest BCUT2D eigenvalue weighted by molar-refractivity contribution is 0.152. The van der Waals surface area contributed by atoms with Crippen molar-refractivity contribution in [3.63, 3.8) is 0 Å². The minimum absolute atomic E-state index is 0.703. The Morgan fingerprint density at radius 3 is 2.50 bits per heavy atom. The number of nitrogens with zero attached hydrogens (tertiary/aromatic N) is 1. The summed E-state index contributed by atoms with van der Waals surface area (Å²) in [4.78, 5) is 2.73. The summed E-state index contributed by atoms with van der Waals surface area (Å²) < 4.78 is 0. The van der Waals surface area contributed by atoms with E-state index in [1.165, 1.54) is 58.2 Å². The zero-order valence-corrected chi connectivity index (χ0v) is 11.0. The van der Waals surface area contributed by atoms with Crippen LogP contribution in [0.1, 0.15) is 52.4 Å². The van der Waals surface area contributed by atoms with E-state index >= 15 is 0 Å². The Morgan fingerprint density at radius 2 is 1.88 bits per heavy atom. The van der Waals surface area contributed by atoms with E-state index < -0.39 is 0 Å². The Labute approximate surface area is 101 Å². The summed E-state index contributed by atoms with van der Waals surface area (Å²) in [7, 11) is 0. The van der Waals surface area contributed by atoms with Crippen LogP contribution in [0.5, 0.6) is 0 Å². The highest BCUT2D eigenvalue weighted by atomic mass is 15.1. The van der Waals surface area contributed by atoms with Crippen molar-refractivity contribution in [3.8, 4) is 0 Å². The third kappa shape index (κ3) is 3.46. The fourth-order valence-electron chi connectivity index (χ4n) is 2.94. The fraction of sp³-hybridized carbons (Fsp3) is 1.00. The van der Waals surface area contributed by atoms with Crippen molar-refractivity contribution >= 4 is 0 Å². The molecule has 16 heavy (non-hydrogen) atoms. The molecule has 2 atom stereocenters. The van der Waals surface area contributed by atoms with Gasteiger partial charge in [0, 0.05) is 18.6 Å². The molecule has 2 aliphatic rings. The molecule has 1 saturated heterocycles. The van der Waals surface area contributed by atoms with E-state index in [0.717, 1.165) is 12.0 Å². The SMILES string of the molecule is CCC1CCN(CC2CCC2)CCC(C)N1. The normalized spacial score (nSPS) is 34.1. The zero-order chi connectivity index (χ0) is 11.4. The summed E-state index contributed by atoms with van der Waals surface area (Å²) >= 11 is 0. The third-order valence-electron chi connectivity index (χ3n) is 4.43. The van der Waals surface area contributed by atoms with E-state index in [1.54, 1.807) is 0 Å². The van der Waals surface area contributed by atoms with Crippen molar-refractivity contribution in [1.29, 1.82) is 0 Å². The fourth-order valence-corrected chi connectivity index (χ4v) is 2.94. The molecule has 1 aliphatic carbocycles. The van der Waals surface area contributed by atoms with Crippen LogP contribution in [0.4, 0.5) is 0 Å². The van der Waals surface area contributed by atoms with Gasteiger partial charge in [-0.1, -0.05) is 13.3 Å². The molecule has 0 radical (unpaired) electrons. The first-order valence-electron chi connectivity index (χ1n) is 7.26. The van der Waals surface area contributed by atoms with Crippen LogP contribution in [0.25, 0.3) is 0 Å². The molecular formula is C14H28N2. The molecule has 0 amide bonds. The van der Waals surface area contributed by atoms with Crippen LogP contribution < -0.4 is 5.32 Å². The van der Waals surface area contributed by atoms with Crippen LogP contribution in [-0.2, 0) is 0 Å². The zero-order valence-electron chi connectivity index (χ0n) is 11.0. The highest BCUT2D eigenvalue weighted by molar-refractivity contribution is 4.80. The van der Waals surface area contributed by atoms with E-state index in [9.17, 15) is 0 Å². The average Bonchev–Trinajstić information content (AvgIpc) is 2.20. The van der Waals surface area contributed by atoms with Crippen molar-refractivity contribution in [3.05, 3.63) is 0 Å². The molecule has 94 valence electrons. The van der Waals surface area contributed by atoms with Gasteiger partial charge in [0.1, 0.15) is 0 Å². The lowest BCUT2D eigenvalue weighted by atomic mass is 9.85. The number of rotatable bonds is 3. The molecule has 2 heteroatoms. The second-order valence-electron chi connectivity index (χ2n) is 5.85. The van der Waals surface area contributed by atoms with Gasteiger partial charge in [-0.25, -0.2) is 0 Å². The minimum atomic E-state index is 0.703. The predicted molar refractivity (Wildman–Crippen MR) is 69.7 cm³/mol. The Bertz CT molecular complexity index is 201. The van der Waals surface area contributed by atoms with Gasteiger partial charge in [0.2, 0.25) is 0 Å². The van der Waals surface area contributed by atoms with Crippen molar-refractivity contribution < 1.29 is 0 Å². The number of hydrogen-bond donors (Lipinski definition) is 1. The first-order valence-corrected chi connectivity index (χ1v) is 7.26. The minimum Gasteiger partial charge on any atom is -0.311 e. The molecule has 0 aromatic rings. The maximum atomic E-state index is 3.74. The van der Waals surface area contributed by atoms with E-state index in [-0.39, 0.29) is 0 Å². The van der Waals surface area contributed by atoms with E-state index in [1.807, 2.05) is 0 Å². The summed E-state index contributed by atoms with van der Waals surface area (Å²) in [6.07, 6.45) is 8.40. The Kier molecular flexibility index (Phi) is 4.66. The topological polar surface area (TPSA) is 15.3 Å². The van der Waals surface area contributed by atoms with Crippen LogP contribution >= 0.6 is 0 Å². The summed E-state index contributed by atoms with van der Waals surface area (Å²) in [5, 5.41) is 3.74. The molecule has 1 N–H and O–H groups in total. The highest BCUT2D eigenvalue weighted by Crippen LogP contribution is 2.27. The molecular weight excluding hydrogens is 196 g/mol. The van der Waals surface area contributed by atoms with Gasteiger partial charge < -0.3 is 10.2 Å². The van der Waals surface area contributed by atoms with E-state index in [2.05, 4.69) is 24.1 Å².